The fourth-order valence-electron chi connectivity index (χ4n) is 1.46. The SMILES string of the molecule is Cc1nn(C)c2c1CC(C#N)=CO2. The number of allylic oxidation sites excluding steroid dienone is 1. The van der Waals surface area contributed by atoms with Crippen LogP contribution in [-0.2, 0) is 13.5 Å². The van der Waals surface area contributed by atoms with Crippen LogP contribution < -0.4 is 4.74 Å². The van der Waals surface area contributed by atoms with Crippen molar-refractivity contribution in [1.29, 1.82) is 5.26 Å². The van der Waals surface area contributed by atoms with Gasteiger partial charge in [0.15, 0.2) is 0 Å². The zero-order valence-electron chi connectivity index (χ0n) is 7.53. The molecular formula is C9H9N3O. The predicted molar refractivity (Wildman–Crippen MR) is 46.0 cm³/mol. The third kappa shape index (κ3) is 1.09. The van der Waals surface area contributed by atoms with Crippen molar-refractivity contribution in [2.45, 2.75) is 13.3 Å². The highest BCUT2D eigenvalue weighted by molar-refractivity contribution is 5.41. The minimum absolute atomic E-state index is 0.630. The van der Waals surface area contributed by atoms with E-state index in [1.165, 1.54) is 6.26 Å². The highest BCUT2D eigenvalue weighted by Gasteiger charge is 2.19. The molecule has 2 rings (SSSR count). The van der Waals surface area contributed by atoms with Gasteiger partial charge < -0.3 is 4.74 Å². The lowest BCUT2D eigenvalue weighted by molar-refractivity contribution is 0.413. The molecule has 0 amide bonds. The number of aryl methyl sites for hydroxylation is 2. The molecule has 4 heteroatoms. The van der Waals surface area contributed by atoms with Gasteiger partial charge in [0.25, 0.3) is 0 Å². The van der Waals surface area contributed by atoms with Crippen LogP contribution in [0.2, 0.25) is 0 Å². The van der Waals surface area contributed by atoms with Crippen LogP contribution in [0.25, 0.3) is 0 Å². The number of fused-ring (bicyclic) bond motifs is 1. The molecule has 1 aliphatic rings. The summed E-state index contributed by atoms with van der Waals surface area (Å²) in [6.07, 6.45) is 2.12. The van der Waals surface area contributed by atoms with Crippen molar-refractivity contribution in [3.63, 3.8) is 0 Å². The fourth-order valence-corrected chi connectivity index (χ4v) is 1.46. The number of hydrogen-bond donors (Lipinski definition) is 0. The number of aromatic nitrogens is 2. The average molecular weight is 175 g/mol. The van der Waals surface area contributed by atoms with Gasteiger partial charge in [-0.2, -0.15) is 10.4 Å². The van der Waals surface area contributed by atoms with Gasteiger partial charge in [-0.15, -0.1) is 0 Å². The molecule has 0 aliphatic carbocycles. The summed E-state index contributed by atoms with van der Waals surface area (Å²) in [4.78, 5) is 0. The van der Waals surface area contributed by atoms with E-state index in [2.05, 4.69) is 11.2 Å². The molecule has 13 heavy (non-hydrogen) atoms. The Morgan fingerprint density at radius 1 is 1.69 bits per heavy atom. The average Bonchev–Trinajstić information content (AvgIpc) is 2.42. The molecule has 0 spiro atoms. The Labute approximate surface area is 76.0 Å². The molecule has 0 saturated heterocycles. The number of ether oxygens (including phenoxy) is 1. The van der Waals surface area contributed by atoms with Crippen LogP contribution in [0, 0.1) is 18.3 Å². The summed E-state index contributed by atoms with van der Waals surface area (Å²) in [5.74, 6) is 0.747. The molecule has 0 bridgehead atoms. The predicted octanol–water partition coefficient (Wildman–Crippen LogP) is 1.07. The highest BCUT2D eigenvalue weighted by Crippen LogP contribution is 2.27. The van der Waals surface area contributed by atoms with E-state index in [1.807, 2.05) is 14.0 Å². The topological polar surface area (TPSA) is 50.8 Å². The smallest absolute Gasteiger partial charge is 0.220 e. The first-order valence-electron chi connectivity index (χ1n) is 4.00. The minimum Gasteiger partial charge on any atom is -0.446 e. The van der Waals surface area contributed by atoms with Crippen LogP contribution in [0.15, 0.2) is 11.8 Å². The standard InChI is InChI=1S/C9H9N3O/c1-6-8-3-7(4-10)5-13-9(8)12(2)11-6/h5H,3H2,1-2H3. The van der Waals surface area contributed by atoms with Gasteiger partial charge in [-0.3, -0.25) is 0 Å². The van der Waals surface area contributed by atoms with Crippen LogP contribution >= 0.6 is 0 Å². The van der Waals surface area contributed by atoms with Gasteiger partial charge in [0.1, 0.15) is 6.26 Å². The molecule has 1 aromatic rings. The fraction of sp³-hybridized carbons (Fsp3) is 0.333. The second-order valence-corrected chi connectivity index (χ2v) is 3.04. The monoisotopic (exact) mass is 175 g/mol. The van der Waals surface area contributed by atoms with Crippen molar-refractivity contribution < 1.29 is 4.74 Å². The van der Waals surface area contributed by atoms with Gasteiger partial charge in [-0.25, -0.2) is 4.68 Å². The van der Waals surface area contributed by atoms with Gasteiger partial charge in [0.2, 0.25) is 5.88 Å². The van der Waals surface area contributed by atoms with Crippen molar-refractivity contribution in [2.24, 2.45) is 7.05 Å². The number of nitrogens with zero attached hydrogens (tertiary/aromatic N) is 3. The third-order valence-corrected chi connectivity index (χ3v) is 2.11. The molecule has 0 atom stereocenters. The van der Waals surface area contributed by atoms with Gasteiger partial charge in [0.05, 0.1) is 17.3 Å². The molecular weight excluding hydrogens is 166 g/mol. The number of hydrogen-bond acceptors (Lipinski definition) is 3. The van der Waals surface area contributed by atoms with Crippen molar-refractivity contribution >= 4 is 0 Å². The summed E-state index contributed by atoms with van der Waals surface area (Å²) in [5, 5.41) is 12.9. The maximum atomic E-state index is 8.69. The van der Waals surface area contributed by atoms with Gasteiger partial charge >= 0.3 is 0 Å². The van der Waals surface area contributed by atoms with E-state index >= 15 is 0 Å². The van der Waals surface area contributed by atoms with E-state index in [0.29, 0.717) is 12.0 Å². The lowest BCUT2D eigenvalue weighted by Crippen LogP contribution is -2.03. The maximum Gasteiger partial charge on any atom is 0.220 e. The number of rotatable bonds is 0. The second kappa shape index (κ2) is 2.63. The van der Waals surface area contributed by atoms with Crippen LogP contribution in [0.4, 0.5) is 0 Å². The summed E-state index contributed by atoms with van der Waals surface area (Å²) in [7, 11) is 1.83. The first-order valence-corrected chi connectivity index (χ1v) is 4.00. The zero-order valence-corrected chi connectivity index (χ0v) is 7.53. The highest BCUT2D eigenvalue weighted by atomic mass is 16.5. The van der Waals surface area contributed by atoms with Crippen molar-refractivity contribution in [1.82, 2.24) is 9.78 Å². The quantitative estimate of drug-likeness (QED) is 0.592. The van der Waals surface area contributed by atoms with Gasteiger partial charge in [0, 0.05) is 19.0 Å². The van der Waals surface area contributed by atoms with Crippen molar-refractivity contribution in [3.05, 3.63) is 23.1 Å². The lowest BCUT2D eigenvalue weighted by atomic mass is 10.1. The summed E-state index contributed by atoms with van der Waals surface area (Å²) in [6, 6.07) is 2.08. The molecule has 2 heterocycles. The van der Waals surface area contributed by atoms with Gasteiger partial charge in [-0.1, -0.05) is 0 Å². The second-order valence-electron chi connectivity index (χ2n) is 3.04. The molecule has 66 valence electrons. The molecule has 0 aromatic carbocycles. The van der Waals surface area contributed by atoms with E-state index in [9.17, 15) is 0 Å². The van der Waals surface area contributed by atoms with Crippen LogP contribution in [0.3, 0.4) is 0 Å². The molecule has 0 radical (unpaired) electrons. The Balaban J connectivity index is 2.47. The van der Waals surface area contributed by atoms with Crippen LogP contribution in [0.1, 0.15) is 11.3 Å². The molecule has 1 aromatic heterocycles. The van der Waals surface area contributed by atoms with Crippen LogP contribution in [0.5, 0.6) is 5.88 Å². The van der Waals surface area contributed by atoms with Crippen molar-refractivity contribution in [3.8, 4) is 11.9 Å². The van der Waals surface area contributed by atoms with E-state index in [4.69, 9.17) is 10.00 Å². The first kappa shape index (κ1) is 7.87. The first-order chi connectivity index (χ1) is 6.22. The molecule has 1 aliphatic heterocycles. The Kier molecular flexibility index (Phi) is 1.59. The zero-order chi connectivity index (χ0) is 9.42. The van der Waals surface area contributed by atoms with Crippen molar-refractivity contribution in [2.75, 3.05) is 0 Å². The normalized spacial score (nSPS) is 14.1. The summed E-state index contributed by atoms with van der Waals surface area (Å²) >= 11 is 0. The van der Waals surface area contributed by atoms with Gasteiger partial charge in [-0.05, 0) is 6.92 Å². The molecule has 4 nitrogen and oxygen atoms in total. The Morgan fingerprint density at radius 3 is 3.15 bits per heavy atom. The molecule has 0 N–H and O–H groups in total. The van der Waals surface area contributed by atoms with E-state index in [0.717, 1.165) is 17.1 Å². The Hall–Kier alpha value is -1.76. The summed E-state index contributed by atoms with van der Waals surface area (Å²) < 4.78 is 6.98. The largest absolute Gasteiger partial charge is 0.446 e. The lowest BCUT2D eigenvalue weighted by Gasteiger charge is -2.09. The summed E-state index contributed by atoms with van der Waals surface area (Å²) in [6.45, 7) is 1.92. The Bertz CT molecular complexity index is 423. The third-order valence-electron chi connectivity index (χ3n) is 2.11. The molecule has 0 fully saturated rings. The minimum atomic E-state index is 0.630. The molecule has 0 saturated carbocycles. The van der Waals surface area contributed by atoms with E-state index in [-0.39, 0.29) is 0 Å². The summed E-state index contributed by atoms with van der Waals surface area (Å²) in [5.41, 5.74) is 2.59. The van der Waals surface area contributed by atoms with E-state index in [1.54, 1.807) is 4.68 Å². The van der Waals surface area contributed by atoms with E-state index < -0.39 is 0 Å². The van der Waals surface area contributed by atoms with Crippen LogP contribution in [-0.4, -0.2) is 9.78 Å². The number of nitriles is 1. The maximum absolute atomic E-state index is 8.69. The molecule has 0 unspecified atom stereocenters. The Morgan fingerprint density at radius 2 is 2.46 bits per heavy atom.